The highest BCUT2D eigenvalue weighted by atomic mass is 32.1. The van der Waals surface area contributed by atoms with E-state index in [1.807, 2.05) is 25.1 Å². The monoisotopic (exact) mass is 666 g/mol. The van der Waals surface area contributed by atoms with E-state index < -0.39 is 11.8 Å². The molecule has 256 valence electrons. The summed E-state index contributed by atoms with van der Waals surface area (Å²) in [5, 5.41) is 17.7. The Balaban J connectivity index is 0.000000251. The number of hydrogen-bond donors (Lipinski definition) is 1. The van der Waals surface area contributed by atoms with Crippen LogP contribution in [-0.4, -0.2) is 38.3 Å². The molecule has 1 atom stereocenters. The maximum Gasteiger partial charge on any atom is 0.335 e. The van der Waals surface area contributed by atoms with Crippen LogP contribution in [-0.2, 0) is 24.3 Å². The lowest BCUT2D eigenvalue weighted by Crippen LogP contribution is -2.31. The number of aromatic nitrogens is 3. The number of ether oxygens (including phenoxy) is 2. The van der Waals surface area contributed by atoms with E-state index in [4.69, 9.17) is 19.8 Å². The highest BCUT2D eigenvalue weighted by Crippen LogP contribution is 2.23. The van der Waals surface area contributed by atoms with Crippen LogP contribution in [0.1, 0.15) is 112 Å². The Morgan fingerprint density at radius 2 is 1.87 bits per heavy atom. The number of hydrogen-bond acceptors (Lipinski definition) is 7. The number of thiophene rings is 1. The number of nitriles is 1. The van der Waals surface area contributed by atoms with Gasteiger partial charge in [0.15, 0.2) is 0 Å². The SMILES string of the molecule is CCCC.CCCCC(C)C.CCc1nc2ccc(C(=O)O)cc2n1CC1CCO1.Cc1cccc(OCc2sc(C#N)cc2F)n1. The van der Waals surface area contributed by atoms with E-state index in [1.54, 1.807) is 24.3 Å². The summed E-state index contributed by atoms with van der Waals surface area (Å²) in [6.07, 6.45) is 8.90. The fourth-order valence-corrected chi connectivity index (χ4v) is 5.07. The highest BCUT2D eigenvalue weighted by molar-refractivity contribution is 7.12. The van der Waals surface area contributed by atoms with Gasteiger partial charge in [-0.25, -0.2) is 19.2 Å². The molecule has 5 rings (SSSR count). The minimum Gasteiger partial charge on any atom is -0.478 e. The number of pyridine rings is 1. The number of rotatable bonds is 11. The van der Waals surface area contributed by atoms with Crippen LogP contribution in [0.25, 0.3) is 11.0 Å². The minimum atomic E-state index is -0.910. The van der Waals surface area contributed by atoms with E-state index in [0.29, 0.717) is 21.2 Å². The number of nitrogens with zero attached hydrogens (tertiary/aromatic N) is 4. The van der Waals surface area contributed by atoms with Gasteiger partial charge in [-0.15, -0.1) is 11.3 Å². The van der Waals surface area contributed by atoms with Crippen molar-refractivity contribution in [2.24, 2.45) is 5.92 Å². The van der Waals surface area contributed by atoms with Gasteiger partial charge in [0.1, 0.15) is 29.2 Å². The Kier molecular flexibility index (Phi) is 17.7. The minimum absolute atomic E-state index is 0.0919. The van der Waals surface area contributed by atoms with Gasteiger partial charge in [0.2, 0.25) is 5.88 Å². The van der Waals surface area contributed by atoms with Crippen LogP contribution in [0.5, 0.6) is 5.88 Å². The molecule has 0 saturated carbocycles. The van der Waals surface area contributed by atoms with Crippen LogP contribution in [0.3, 0.4) is 0 Å². The Labute approximate surface area is 283 Å². The van der Waals surface area contributed by atoms with Crippen LogP contribution in [0.4, 0.5) is 4.39 Å². The molecule has 1 N–H and O–H groups in total. The molecule has 10 heteroatoms. The van der Waals surface area contributed by atoms with Crippen LogP contribution in [0, 0.1) is 30.0 Å². The van der Waals surface area contributed by atoms with Gasteiger partial charge >= 0.3 is 5.97 Å². The number of carboxylic acids is 1. The van der Waals surface area contributed by atoms with Gasteiger partial charge in [0.25, 0.3) is 0 Å². The fourth-order valence-electron chi connectivity index (χ4n) is 4.32. The third-order valence-corrected chi connectivity index (χ3v) is 8.27. The van der Waals surface area contributed by atoms with Crippen molar-refractivity contribution in [2.45, 2.75) is 113 Å². The molecule has 8 nitrogen and oxygen atoms in total. The Morgan fingerprint density at radius 3 is 2.36 bits per heavy atom. The molecule has 0 aliphatic carbocycles. The Bertz CT molecular complexity index is 1550. The summed E-state index contributed by atoms with van der Waals surface area (Å²) in [6, 6.07) is 13.6. The average molecular weight is 667 g/mol. The van der Waals surface area contributed by atoms with Crippen LogP contribution < -0.4 is 4.74 Å². The van der Waals surface area contributed by atoms with Crippen molar-refractivity contribution in [1.82, 2.24) is 14.5 Å². The predicted molar refractivity (Wildman–Crippen MR) is 188 cm³/mol. The van der Waals surface area contributed by atoms with Gasteiger partial charge in [-0.2, -0.15) is 5.26 Å². The van der Waals surface area contributed by atoms with E-state index >= 15 is 0 Å². The molecule has 1 aliphatic rings. The number of unbranched alkanes of at least 4 members (excludes halogenated alkanes) is 2. The van der Waals surface area contributed by atoms with Gasteiger partial charge in [-0.3, -0.25) is 0 Å². The van der Waals surface area contributed by atoms with Crippen LogP contribution in [0.15, 0.2) is 42.5 Å². The number of aryl methyl sites for hydroxylation is 2. The van der Waals surface area contributed by atoms with E-state index in [-0.39, 0.29) is 12.7 Å². The molecule has 1 aromatic carbocycles. The third kappa shape index (κ3) is 13.4. The van der Waals surface area contributed by atoms with Gasteiger partial charge < -0.3 is 19.1 Å². The zero-order chi connectivity index (χ0) is 34.8. The van der Waals surface area contributed by atoms with Gasteiger partial charge in [-0.1, -0.05) is 79.7 Å². The molecule has 4 heterocycles. The van der Waals surface area contributed by atoms with Gasteiger partial charge in [0, 0.05) is 30.9 Å². The molecule has 0 bridgehead atoms. The lowest BCUT2D eigenvalue weighted by atomic mass is 10.1. The van der Waals surface area contributed by atoms with Crippen molar-refractivity contribution in [3.63, 3.8) is 0 Å². The normalized spacial score (nSPS) is 13.2. The Hall–Kier alpha value is -3.81. The molecule has 4 aromatic rings. The summed E-state index contributed by atoms with van der Waals surface area (Å²) in [6.45, 7) is 16.7. The first kappa shape index (κ1) is 39.4. The fraction of sp³-hybridized carbons (Fsp3) is 0.514. The number of carbonyl (C=O) groups is 1. The molecule has 1 aliphatic heterocycles. The molecule has 1 fully saturated rings. The molecule has 0 amide bonds. The van der Waals surface area contributed by atoms with Crippen molar-refractivity contribution < 1.29 is 23.8 Å². The number of carboxylic acid groups (broad SMARTS) is 1. The second kappa shape index (κ2) is 21.1. The van der Waals surface area contributed by atoms with E-state index in [0.717, 1.165) is 65.8 Å². The summed E-state index contributed by atoms with van der Waals surface area (Å²) in [5.74, 6) is 1.02. The quantitative estimate of drug-likeness (QED) is 0.170. The van der Waals surface area contributed by atoms with Crippen molar-refractivity contribution in [1.29, 1.82) is 5.26 Å². The van der Waals surface area contributed by atoms with E-state index in [2.05, 4.69) is 56.1 Å². The smallest absolute Gasteiger partial charge is 0.335 e. The molecule has 1 saturated heterocycles. The summed E-state index contributed by atoms with van der Waals surface area (Å²) < 4.78 is 26.3. The maximum absolute atomic E-state index is 13.3. The second-order valence-corrected chi connectivity index (χ2v) is 12.9. The topological polar surface area (TPSA) is 110 Å². The van der Waals surface area contributed by atoms with Crippen molar-refractivity contribution in [2.75, 3.05) is 6.61 Å². The zero-order valence-corrected chi connectivity index (χ0v) is 29.8. The molecule has 0 radical (unpaired) electrons. The summed E-state index contributed by atoms with van der Waals surface area (Å²) in [4.78, 5) is 20.5. The number of halogens is 1. The maximum atomic E-state index is 13.3. The van der Waals surface area contributed by atoms with Crippen LogP contribution >= 0.6 is 11.3 Å². The molecule has 0 spiro atoms. The van der Waals surface area contributed by atoms with E-state index in [9.17, 15) is 9.18 Å². The largest absolute Gasteiger partial charge is 0.478 e. The van der Waals surface area contributed by atoms with Crippen molar-refractivity contribution in [3.05, 3.63) is 75.1 Å². The second-order valence-electron chi connectivity index (χ2n) is 11.7. The van der Waals surface area contributed by atoms with E-state index in [1.165, 1.54) is 38.2 Å². The highest BCUT2D eigenvalue weighted by Gasteiger charge is 2.21. The first-order valence-corrected chi connectivity index (χ1v) is 17.5. The van der Waals surface area contributed by atoms with Crippen molar-refractivity contribution in [3.8, 4) is 11.9 Å². The molecular weight excluding hydrogens is 615 g/mol. The number of fused-ring (bicyclic) bond motifs is 1. The number of benzene rings is 1. The lowest BCUT2D eigenvalue weighted by molar-refractivity contribution is -0.0589. The standard InChI is InChI=1S/C14H16N2O3.C12H9FN2OS.C7H16.C4H10/c1-2-13-15-11-4-3-9(14(17)18)7-12(11)16(13)8-10-5-6-19-10;1-8-3-2-4-12(15-8)16-7-11-10(13)5-9(6-14)17-11;1-4-5-6-7(2)3;1-3-4-2/h3-4,7,10H,2,5-6,8H2,1H3,(H,17,18);2-5H,7H2,1H3;7H,4-6H2,1-3H3;3-4H2,1-2H3. The third-order valence-electron chi connectivity index (χ3n) is 7.29. The predicted octanol–water partition coefficient (Wildman–Crippen LogP) is 9.77. The molecule has 3 aromatic heterocycles. The number of aromatic carboxylic acids is 1. The Morgan fingerprint density at radius 1 is 1.15 bits per heavy atom. The van der Waals surface area contributed by atoms with Crippen LogP contribution in [0.2, 0.25) is 0 Å². The van der Waals surface area contributed by atoms with Crippen molar-refractivity contribution >= 4 is 28.3 Å². The molecular formula is C37H51FN4O4S. The average Bonchev–Trinajstić information content (AvgIpc) is 3.59. The zero-order valence-electron chi connectivity index (χ0n) is 29.0. The van der Waals surface area contributed by atoms with Gasteiger partial charge in [0.05, 0.1) is 34.1 Å². The molecule has 1 unspecified atom stereocenters. The lowest BCUT2D eigenvalue weighted by Gasteiger charge is -2.27. The first-order chi connectivity index (χ1) is 22.6. The summed E-state index contributed by atoms with van der Waals surface area (Å²) in [5.41, 5.74) is 2.87. The molecule has 47 heavy (non-hydrogen) atoms. The summed E-state index contributed by atoms with van der Waals surface area (Å²) >= 11 is 1.09. The summed E-state index contributed by atoms with van der Waals surface area (Å²) in [7, 11) is 0. The first-order valence-electron chi connectivity index (χ1n) is 16.6. The number of imidazole rings is 1. The van der Waals surface area contributed by atoms with Gasteiger partial charge in [-0.05, 0) is 43.5 Å².